The normalized spacial score (nSPS) is 45.8. The first-order chi connectivity index (χ1) is 6.86. The van der Waals surface area contributed by atoms with Gasteiger partial charge in [0.15, 0.2) is 0 Å². The summed E-state index contributed by atoms with van der Waals surface area (Å²) in [6.45, 7) is 9.26. The highest BCUT2D eigenvalue weighted by molar-refractivity contribution is 5.01. The van der Waals surface area contributed by atoms with Crippen LogP contribution in [0.1, 0.15) is 59.8 Å². The largest absolute Gasteiger partial charge is 0.390 e. The topological polar surface area (TPSA) is 20.2 Å². The van der Waals surface area contributed by atoms with Crippen molar-refractivity contribution in [3.63, 3.8) is 0 Å². The number of rotatable bonds is 1. The van der Waals surface area contributed by atoms with Crippen LogP contribution in [0.25, 0.3) is 0 Å². The van der Waals surface area contributed by atoms with Gasteiger partial charge in [0, 0.05) is 0 Å². The van der Waals surface area contributed by atoms with Gasteiger partial charge in [-0.25, -0.2) is 0 Å². The van der Waals surface area contributed by atoms with E-state index in [1.54, 1.807) is 0 Å². The Morgan fingerprint density at radius 3 is 1.93 bits per heavy atom. The highest BCUT2D eigenvalue weighted by Gasteiger charge is 2.51. The van der Waals surface area contributed by atoms with Crippen LogP contribution in [0.3, 0.4) is 0 Å². The molecule has 88 valence electrons. The summed E-state index contributed by atoms with van der Waals surface area (Å²) in [5.74, 6) is 2.42. The van der Waals surface area contributed by atoms with Crippen LogP contribution < -0.4 is 0 Å². The van der Waals surface area contributed by atoms with Gasteiger partial charge < -0.3 is 5.11 Å². The van der Waals surface area contributed by atoms with Crippen molar-refractivity contribution in [2.45, 2.75) is 65.4 Å². The molecule has 0 heterocycles. The molecule has 0 aliphatic heterocycles. The van der Waals surface area contributed by atoms with Gasteiger partial charge in [-0.1, -0.05) is 27.7 Å². The van der Waals surface area contributed by atoms with E-state index in [1.807, 2.05) is 0 Å². The third-order valence-corrected chi connectivity index (χ3v) is 4.87. The van der Waals surface area contributed by atoms with Gasteiger partial charge in [-0.15, -0.1) is 0 Å². The summed E-state index contributed by atoms with van der Waals surface area (Å²) in [4.78, 5) is 0. The minimum atomic E-state index is -0.326. The standard InChI is InChI=1S/C14H26O/c1-5-14(15)8-10-6-7-11(9-14)12(10)13(2,3)4/h10-12,15H,5-9H2,1-4H3/t10-,11?,12?,14?/m1/s1. The van der Waals surface area contributed by atoms with Crippen molar-refractivity contribution in [3.8, 4) is 0 Å². The van der Waals surface area contributed by atoms with Gasteiger partial charge in [0.2, 0.25) is 0 Å². The summed E-state index contributed by atoms with van der Waals surface area (Å²) in [7, 11) is 0. The smallest absolute Gasteiger partial charge is 0.0650 e. The lowest BCUT2D eigenvalue weighted by Gasteiger charge is -2.46. The Bertz CT molecular complexity index is 224. The zero-order valence-corrected chi connectivity index (χ0v) is 10.7. The summed E-state index contributed by atoms with van der Waals surface area (Å²) in [6.07, 6.45) is 5.77. The molecular weight excluding hydrogens is 184 g/mol. The monoisotopic (exact) mass is 210 g/mol. The van der Waals surface area contributed by atoms with E-state index >= 15 is 0 Å². The molecule has 2 fully saturated rings. The van der Waals surface area contributed by atoms with Crippen LogP contribution in [0.4, 0.5) is 0 Å². The molecule has 0 radical (unpaired) electrons. The first-order valence-corrected chi connectivity index (χ1v) is 6.58. The molecule has 0 spiro atoms. The zero-order valence-electron chi connectivity index (χ0n) is 10.7. The lowest BCUT2D eigenvalue weighted by atomic mass is 9.61. The highest BCUT2D eigenvalue weighted by Crippen LogP contribution is 2.56. The molecule has 0 amide bonds. The second-order valence-electron chi connectivity index (χ2n) is 6.98. The van der Waals surface area contributed by atoms with Gasteiger partial charge in [0.05, 0.1) is 5.60 Å². The van der Waals surface area contributed by atoms with E-state index in [-0.39, 0.29) is 5.60 Å². The van der Waals surface area contributed by atoms with Gasteiger partial charge >= 0.3 is 0 Å². The summed E-state index contributed by atoms with van der Waals surface area (Å²) < 4.78 is 0. The fourth-order valence-electron chi connectivity index (χ4n) is 4.39. The van der Waals surface area contributed by atoms with Crippen LogP contribution in [0.15, 0.2) is 0 Å². The minimum Gasteiger partial charge on any atom is -0.390 e. The van der Waals surface area contributed by atoms with Crippen molar-refractivity contribution in [1.29, 1.82) is 0 Å². The van der Waals surface area contributed by atoms with Crippen molar-refractivity contribution >= 4 is 0 Å². The Hall–Kier alpha value is -0.0400. The lowest BCUT2D eigenvalue weighted by Crippen LogP contribution is -2.44. The molecule has 3 unspecified atom stereocenters. The van der Waals surface area contributed by atoms with Crippen LogP contribution in [0.5, 0.6) is 0 Å². The van der Waals surface area contributed by atoms with Crippen molar-refractivity contribution in [1.82, 2.24) is 0 Å². The molecule has 2 rings (SSSR count). The predicted molar refractivity (Wildman–Crippen MR) is 63.6 cm³/mol. The van der Waals surface area contributed by atoms with Crippen molar-refractivity contribution in [2.75, 3.05) is 0 Å². The van der Waals surface area contributed by atoms with E-state index in [0.29, 0.717) is 5.41 Å². The Kier molecular flexibility index (Phi) is 2.65. The summed E-state index contributed by atoms with van der Waals surface area (Å²) in [6, 6.07) is 0. The Morgan fingerprint density at radius 2 is 1.60 bits per heavy atom. The van der Waals surface area contributed by atoms with Crippen molar-refractivity contribution < 1.29 is 5.11 Å². The quantitative estimate of drug-likeness (QED) is 0.701. The van der Waals surface area contributed by atoms with Crippen LogP contribution >= 0.6 is 0 Å². The maximum atomic E-state index is 10.4. The minimum absolute atomic E-state index is 0.326. The van der Waals surface area contributed by atoms with Crippen LogP contribution in [0.2, 0.25) is 0 Å². The fourth-order valence-corrected chi connectivity index (χ4v) is 4.39. The van der Waals surface area contributed by atoms with E-state index in [4.69, 9.17) is 0 Å². The van der Waals surface area contributed by atoms with Crippen LogP contribution in [0, 0.1) is 23.2 Å². The first-order valence-electron chi connectivity index (χ1n) is 6.58. The Balaban J connectivity index is 2.17. The molecular formula is C14H26O. The van der Waals surface area contributed by atoms with Crippen molar-refractivity contribution in [2.24, 2.45) is 23.2 Å². The molecule has 4 atom stereocenters. The molecule has 2 aliphatic rings. The Labute approximate surface area is 94.3 Å². The molecule has 0 saturated heterocycles. The molecule has 2 aliphatic carbocycles. The number of hydrogen-bond donors (Lipinski definition) is 1. The van der Waals surface area contributed by atoms with Gasteiger partial charge in [-0.3, -0.25) is 0 Å². The predicted octanol–water partition coefficient (Wildman–Crippen LogP) is 3.61. The van der Waals surface area contributed by atoms with E-state index in [0.717, 1.165) is 37.0 Å². The van der Waals surface area contributed by atoms with E-state index in [1.165, 1.54) is 12.8 Å². The first kappa shape index (κ1) is 11.4. The van der Waals surface area contributed by atoms with E-state index < -0.39 is 0 Å². The number of aliphatic hydroxyl groups is 1. The maximum absolute atomic E-state index is 10.4. The number of hydrogen-bond acceptors (Lipinski definition) is 1. The average Bonchev–Trinajstić information content (AvgIpc) is 2.40. The summed E-state index contributed by atoms with van der Waals surface area (Å²) in [5, 5.41) is 10.4. The third-order valence-electron chi connectivity index (χ3n) is 4.87. The molecule has 0 aromatic heterocycles. The van der Waals surface area contributed by atoms with E-state index in [2.05, 4.69) is 27.7 Å². The average molecular weight is 210 g/mol. The molecule has 1 nitrogen and oxygen atoms in total. The molecule has 15 heavy (non-hydrogen) atoms. The molecule has 2 saturated carbocycles. The van der Waals surface area contributed by atoms with Gasteiger partial charge in [-0.2, -0.15) is 0 Å². The molecule has 2 bridgehead atoms. The van der Waals surface area contributed by atoms with Gasteiger partial charge in [-0.05, 0) is 55.3 Å². The third kappa shape index (κ3) is 1.95. The summed E-state index contributed by atoms with van der Waals surface area (Å²) >= 11 is 0. The van der Waals surface area contributed by atoms with Crippen LogP contribution in [-0.2, 0) is 0 Å². The van der Waals surface area contributed by atoms with Gasteiger partial charge in [0.1, 0.15) is 0 Å². The molecule has 1 N–H and O–H groups in total. The maximum Gasteiger partial charge on any atom is 0.0650 e. The summed E-state index contributed by atoms with van der Waals surface area (Å²) in [5.41, 5.74) is 0.106. The number of fused-ring (bicyclic) bond motifs is 2. The molecule has 1 heteroatoms. The fraction of sp³-hybridized carbons (Fsp3) is 1.00. The van der Waals surface area contributed by atoms with E-state index in [9.17, 15) is 5.11 Å². The molecule has 0 aromatic rings. The zero-order chi connectivity index (χ0) is 11.3. The Morgan fingerprint density at radius 1 is 1.13 bits per heavy atom. The second kappa shape index (κ2) is 3.48. The van der Waals surface area contributed by atoms with Gasteiger partial charge in [0.25, 0.3) is 0 Å². The SMILES string of the molecule is CCC1(O)CC2CC[C@H](C1)C2C(C)(C)C. The lowest BCUT2D eigenvalue weighted by molar-refractivity contribution is -0.0657. The second-order valence-corrected chi connectivity index (χ2v) is 6.98. The van der Waals surface area contributed by atoms with Crippen LogP contribution in [-0.4, -0.2) is 10.7 Å². The molecule has 0 aromatic carbocycles. The highest BCUT2D eigenvalue weighted by atomic mass is 16.3. The van der Waals surface area contributed by atoms with Crippen molar-refractivity contribution in [3.05, 3.63) is 0 Å².